The molecule has 0 aromatic heterocycles. The summed E-state index contributed by atoms with van der Waals surface area (Å²) in [5.74, 6) is -0.966. The first kappa shape index (κ1) is 22.2. The molecule has 9 nitrogen and oxygen atoms in total. The molecular formula is C22H24ClN4O5+. The molecule has 4 rings (SSSR count). The first-order valence-corrected chi connectivity index (χ1v) is 10.5. The molecule has 10 heteroatoms. The van der Waals surface area contributed by atoms with E-state index in [1.807, 2.05) is 0 Å². The number of halogens is 1. The number of amides is 4. The van der Waals surface area contributed by atoms with E-state index in [1.165, 1.54) is 0 Å². The minimum absolute atomic E-state index is 0.00257. The summed E-state index contributed by atoms with van der Waals surface area (Å²) < 4.78 is 4.50. The van der Waals surface area contributed by atoms with E-state index in [-0.39, 0.29) is 25.5 Å². The van der Waals surface area contributed by atoms with Gasteiger partial charge in [0.1, 0.15) is 24.9 Å². The molecule has 0 saturated carbocycles. The minimum Gasteiger partial charge on any atom is -0.387 e. The van der Waals surface area contributed by atoms with Gasteiger partial charge < -0.3 is 26.2 Å². The number of hydrogen-bond donors (Lipinski definition) is 3. The molecule has 0 spiro atoms. The average molecular weight is 460 g/mol. The fraction of sp³-hybridized carbons (Fsp3) is 0.318. The molecule has 0 radical (unpaired) electrons. The summed E-state index contributed by atoms with van der Waals surface area (Å²) in [6.07, 6.45) is -1.10. The summed E-state index contributed by atoms with van der Waals surface area (Å²) in [5, 5.41) is 11.1. The van der Waals surface area contributed by atoms with Crippen LogP contribution in [-0.2, 0) is 19.9 Å². The molecule has 2 aromatic rings. The highest BCUT2D eigenvalue weighted by Crippen LogP contribution is 2.49. The van der Waals surface area contributed by atoms with Gasteiger partial charge in [-0.25, -0.2) is 4.79 Å². The third kappa shape index (κ3) is 3.25. The average Bonchev–Trinajstić information content (AvgIpc) is 3.10. The lowest BCUT2D eigenvalue weighted by Gasteiger charge is -2.42. The number of rotatable bonds is 4. The number of primary amides is 2. The van der Waals surface area contributed by atoms with Gasteiger partial charge in [-0.2, -0.15) is 4.48 Å². The van der Waals surface area contributed by atoms with Gasteiger partial charge in [-0.15, -0.1) is 0 Å². The Kier molecular flexibility index (Phi) is 5.68. The van der Waals surface area contributed by atoms with Crippen molar-refractivity contribution in [1.29, 1.82) is 0 Å². The van der Waals surface area contributed by atoms with Crippen molar-refractivity contribution in [3.63, 3.8) is 0 Å². The van der Waals surface area contributed by atoms with Gasteiger partial charge in [0, 0.05) is 41.4 Å². The van der Waals surface area contributed by atoms with Gasteiger partial charge in [0.25, 0.3) is 11.8 Å². The van der Waals surface area contributed by atoms with Crippen molar-refractivity contribution in [3.8, 4) is 0 Å². The summed E-state index contributed by atoms with van der Waals surface area (Å²) >= 11 is 6.02. The molecule has 0 bridgehead atoms. The van der Waals surface area contributed by atoms with Crippen LogP contribution in [0.5, 0.6) is 0 Å². The molecule has 0 aliphatic carbocycles. The fourth-order valence-corrected chi connectivity index (χ4v) is 5.06. The second-order valence-corrected chi connectivity index (χ2v) is 8.47. The Hall–Kier alpha value is -2.98. The second-order valence-electron chi connectivity index (χ2n) is 8.03. The second kappa shape index (κ2) is 8.18. The van der Waals surface area contributed by atoms with Crippen molar-refractivity contribution in [1.82, 2.24) is 4.48 Å². The number of hydrogen-bond acceptors (Lipinski definition) is 5. The van der Waals surface area contributed by atoms with Gasteiger partial charge in [-0.05, 0) is 24.3 Å². The van der Waals surface area contributed by atoms with Crippen LogP contribution in [0.1, 0.15) is 12.0 Å². The Morgan fingerprint density at radius 3 is 2.34 bits per heavy atom. The van der Waals surface area contributed by atoms with E-state index >= 15 is 0 Å². The number of nitrogens with zero attached hydrogens (tertiary/aromatic N) is 2. The standard InChI is InChI=1S/C22H23ClN4O5/c23-15-3-7-17(8-4-15)27(21(25)31)12-18(28)11-22(27,20(24)30)14-1-5-16(6-2-14)26-9-10-32-13-19(26)29/h1-8,18,28H,9-13H2,(H3-,24,25,30,31)/p+1/t18-,22-,27?/m1/s1. The number of urea groups is 1. The maximum Gasteiger partial charge on any atom is 0.420 e. The molecule has 4 amide bonds. The number of carbonyl (C=O) groups excluding carboxylic acids is 3. The van der Waals surface area contributed by atoms with E-state index in [1.54, 1.807) is 53.4 Å². The van der Waals surface area contributed by atoms with Crippen molar-refractivity contribution in [2.45, 2.75) is 18.1 Å². The Balaban J connectivity index is 1.87. The van der Waals surface area contributed by atoms with Crippen molar-refractivity contribution < 1.29 is 24.2 Å². The van der Waals surface area contributed by atoms with Crippen LogP contribution in [0.3, 0.4) is 0 Å². The number of carbonyl (C=O) groups is 3. The molecule has 5 N–H and O–H groups in total. The number of likely N-dealkylation sites (tertiary alicyclic amines) is 1. The molecule has 3 atom stereocenters. The van der Waals surface area contributed by atoms with E-state index in [0.29, 0.717) is 35.1 Å². The number of ether oxygens (including phenoxy) is 1. The third-order valence-electron chi connectivity index (χ3n) is 6.36. The Morgan fingerprint density at radius 1 is 1.12 bits per heavy atom. The quantitative estimate of drug-likeness (QED) is 0.591. The first-order valence-electron chi connectivity index (χ1n) is 10.1. The monoisotopic (exact) mass is 459 g/mol. The van der Waals surface area contributed by atoms with E-state index in [0.717, 1.165) is 0 Å². The highest BCUT2D eigenvalue weighted by molar-refractivity contribution is 6.30. The van der Waals surface area contributed by atoms with Gasteiger partial charge >= 0.3 is 6.03 Å². The maximum absolute atomic E-state index is 13.0. The van der Waals surface area contributed by atoms with Crippen LogP contribution in [0.4, 0.5) is 16.2 Å². The van der Waals surface area contributed by atoms with Gasteiger partial charge in [-0.3, -0.25) is 9.59 Å². The zero-order chi connectivity index (χ0) is 23.1. The van der Waals surface area contributed by atoms with Gasteiger partial charge in [0.15, 0.2) is 0 Å². The molecule has 168 valence electrons. The molecule has 2 saturated heterocycles. The number of benzene rings is 2. The van der Waals surface area contributed by atoms with E-state index < -0.39 is 28.1 Å². The molecule has 2 aliphatic heterocycles. The maximum atomic E-state index is 13.0. The lowest BCUT2D eigenvalue weighted by atomic mass is 9.83. The van der Waals surface area contributed by atoms with Gasteiger partial charge in [-0.1, -0.05) is 23.7 Å². The number of aliphatic hydroxyl groups excluding tert-OH is 1. The van der Waals surface area contributed by atoms with Crippen LogP contribution >= 0.6 is 11.6 Å². The Bertz CT molecular complexity index is 1060. The van der Waals surface area contributed by atoms with Crippen LogP contribution in [0.25, 0.3) is 0 Å². The lowest BCUT2D eigenvalue weighted by Crippen LogP contribution is -2.70. The SMILES string of the molecule is NC(=O)[C@]1(c2ccc(N3CCOCC3=O)cc2)C[C@@H](O)C[N+]1(C(N)=O)c1ccc(Cl)cc1. The lowest BCUT2D eigenvalue weighted by molar-refractivity contribution is -0.127. The molecule has 2 aliphatic rings. The van der Waals surface area contributed by atoms with Crippen molar-refractivity contribution in [2.75, 3.05) is 31.2 Å². The molecule has 2 heterocycles. The number of aliphatic hydroxyl groups is 1. The van der Waals surface area contributed by atoms with E-state index in [2.05, 4.69) is 0 Å². The zero-order valence-corrected chi connectivity index (χ0v) is 18.0. The molecule has 32 heavy (non-hydrogen) atoms. The van der Waals surface area contributed by atoms with Gasteiger partial charge in [0.2, 0.25) is 5.54 Å². The topological polar surface area (TPSA) is 136 Å². The zero-order valence-electron chi connectivity index (χ0n) is 17.2. The normalized spacial score (nSPS) is 28.0. The predicted molar refractivity (Wildman–Crippen MR) is 119 cm³/mol. The molecule has 2 aromatic carbocycles. The molecule has 1 unspecified atom stereocenters. The summed E-state index contributed by atoms with van der Waals surface area (Å²) in [4.78, 5) is 39.8. The number of anilines is 1. The van der Waals surface area contributed by atoms with Crippen LogP contribution in [0, 0.1) is 0 Å². The summed E-state index contributed by atoms with van der Waals surface area (Å²) in [7, 11) is 0. The van der Waals surface area contributed by atoms with Crippen molar-refractivity contribution >= 4 is 40.8 Å². The largest absolute Gasteiger partial charge is 0.420 e. The third-order valence-corrected chi connectivity index (χ3v) is 6.61. The van der Waals surface area contributed by atoms with Crippen LogP contribution in [0.2, 0.25) is 5.02 Å². The van der Waals surface area contributed by atoms with E-state index in [9.17, 15) is 19.5 Å². The number of morpholine rings is 1. The van der Waals surface area contributed by atoms with Gasteiger partial charge in [0.05, 0.1) is 6.61 Å². The number of nitrogens with two attached hydrogens (primary N) is 2. The van der Waals surface area contributed by atoms with Crippen molar-refractivity contribution in [3.05, 3.63) is 59.1 Å². The van der Waals surface area contributed by atoms with Crippen LogP contribution < -0.4 is 20.9 Å². The van der Waals surface area contributed by atoms with Crippen molar-refractivity contribution in [2.24, 2.45) is 11.5 Å². The van der Waals surface area contributed by atoms with Crippen LogP contribution in [-0.4, -0.2) is 55.4 Å². The molecule has 2 fully saturated rings. The van der Waals surface area contributed by atoms with Crippen LogP contribution in [0.15, 0.2) is 48.5 Å². The minimum atomic E-state index is -1.65. The first-order chi connectivity index (χ1) is 15.2. The number of quaternary nitrogens is 1. The highest BCUT2D eigenvalue weighted by atomic mass is 35.5. The fourth-order valence-electron chi connectivity index (χ4n) is 4.94. The Labute approximate surface area is 189 Å². The summed E-state index contributed by atoms with van der Waals surface area (Å²) in [6, 6.07) is 12.2. The van der Waals surface area contributed by atoms with E-state index in [4.69, 9.17) is 27.8 Å². The smallest absolute Gasteiger partial charge is 0.387 e. The highest BCUT2D eigenvalue weighted by Gasteiger charge is 2.68. The molecular weight excluding hydrogens is 436 g/mol. The Morgan fingerprint density at radius 2 is 1.78 bits per heavy atom. The summed E-state index contributed by atoms with van der Waals surface area (Å²) in [5.41, 5.74) is 11.6. The summed E-state index contributed by atoms with van der Waals surface area (Å²) in [6.45, 7) is 0.702. The predicted octanol–water partition coefficient (Wildman–Crippen LogP) is 1.23.